The van der Waals surface area contributed by atoms with Gasteiger partial charge in [0, 0.05) is 72.1 Å². The standard InChI is InChI=1S/C50H53ClF2N4O7/c1-28-42-40(25-36(52)45(51)44(42)43-34(47(54)60)21-23-39(63-2)46(43)53)64-50(28,31-13-7-5-8-14-31)27-55-32-19-17-30(18-20-32)38(58)16-9-4-3-6-11-29-12-10-15-33-35(29)26-57(49(33)62)37-22-24-41(59)56-48(37)61/h5,7-8,10,12-15,21,23,25,28,30,32,37,55H,3-4,6,9,11,16-20,22,24,26-27H2,1-2H3,(H2,54,60)(H,56,59,61)/t28-,30?,32?,37?,50-/m0/s1. The fourth-order valence-electron chi connectivity index (χ4n) is 10.4. The van der Waals surface area contributed by atoms with E-state index in [1.54, 1.807) is 11.0 Å². The van der Waals surface area contributed by atoms with E-state index in [1.807, 2.05) is 49.4 Å². The Balaban J connectivity index is 0.856. The first-order chi connectivity index (χ1) is 30.8. The van der Waals surface area contributed by atoms with Gasteiger partial charge in [0.1, 0.15) is 23.4 Å². The molecule has 4 amide bonds. The summed E-state index contributed by atoms with van der Waals surface area (Å²) in [4.78, 5) is 65.0. The number of carbonyl (C=O) groups excluding carboxylic acids is 5. The second kappa shape index (κ2) is 18.8. The number of nitrogens with two attached hydrogens (primary N) is 1. The van der Waals surface area contributed by atoms with Gasteiger partial charge in [-0.05, 0) is 86.3 Å². The van der Waals surface area contributed by atoms with E-state index >= 15 is 8.78 Å². The molecule has 4 N–H and O–H groups in total. The first-order valence-electron chi connectivity index (χ1n) is 22.3. The minimum atomic E-state index is -1.07. The minimum Gasteiger partial charge on any atom is -0.494 e. The number of imide groups is 1. The van der Waals surface area contributed by atoms with Gasteiger partial charge in [0.05, 0.1) is 17.7 Å². The number of benzene rings is 4. The maximum atomic E-state index is 16.2. The Kier molecular flexibility index (Phi) is 13.2. The first-order valence-corrected chi connectivity index (χ1v) is 22.6. The van der Waals surface area contributed by atoms with Crippen LogP contribution in [0.2, 0.25) is 5.02 Å². The van der Waals surface area contributed by atoms with Crippen LogP contribution in [-0.4, -0.2) is 60.1 Å². The first kappa shape index (κ1) is 44.9. The quantitative estimate of drug-likeness (QED) is 0.0748. The van der Waals surface area contributed by atoms with Crippen molar-refractivity contribution in [2.45, 2.75) is 114 Å². The van der Waals surface area contributed by atoms with E-state index in [-0.39, 0.29) is 63.4 Å². The Hall–Kier alpha value is -5.66. The third-order valence-electron chi connectivity index (χ3n) is 13.9. The van der Waals surface area contributed by atoms with Crippen LogP contribution in [0.3, 0.4) is 0 Å². The normalized spacial score (nSPS) is 22.8. The molecule has 0 aromatic heterocycles. The van der Waals surface area contributed by atoms with Crippen LogP contribution >= 0.6 is 11.6 Å². The molecule has 11 nitrogen and oxygen atoms in total. The lowest BCUT2D eigenvalue weighted by atomic mass is 9.76. The summed E-state index contributed by atoms with van der Waals surface area (Å²) in [5, 5.41) is 5.71. The summed E-state index contributed by atoms with van der Waals surface area (Å²) in [6, 6.07) is 18.6. The minimum absolute atomic E-state index is 0.00585. The molecule has 1 aliphatic carbocycles. The zero-order chi connectivity index (χ0) is 45.3. The van der Waals surface area contributed by atoms with Crippen molar-refractivity contribution in [1.82, 2.24) is 15.5 Å². The van der Waals surface area contributed by atoms with Crippen LogP contribution < -0.4 is 25.8 Å². The molecule has 1 saturated carbocycles. The van der Waals surface area contributed by atoms with Gasteiger partial charge in [-0.3, -0.25) is 29.3 Å². The maximum absolute atomic E-state index is 16.2. The molecular weight excluding hydrogens is 842 g/mol. The molecule has 14 heteroatoms. The number of methoxy groups -OCH3 is 1. The highest BCUT2D eigenvalue weighted by Crippen LogP contribution is 2.56. The highest BCUT2D eigenvalue weighted by Gasteiger charge is 2.50. The number of carbonyl (C=O) groups is 5. The van der Waals surface area contributed by atoms with Gasteiger partial charge in [-0.1, -0.05) is 73.8 Å². The van der Waals surface area contributed by atoms with Gasteiger partial charge in [0.25, 0.3) is 5.91 Å². The van der Waals surface area contributed by atoms with E-state index < -0.39 is 41.0 Å². The van der Waals surface area contributed by atoms with Gasteiger partial charge in [-0.15, -0.1) is 0 Å². The van der Waals surface area contributed by atoms with E-state index in [4.69, 9.17) is 26.8 Å². The van der Waals surface area contributed by atoms with E-state index in [0.717, 1.165) is 74.5 Å². The number of unbranched alkanes of at least 4 members (excludes halogenated alkanes) is 3. The molecule has 1 saturated heterocycles. The van der Waals surface area contributed by atoms with Crippen LogP contribution in [0.25, 0.3) is 11.1 Å². The lowest BCUT2D eigenvalue weighted by Gasteiger charge is -2.37. The predicted molar refractivity (Wildman–Crippen MR) is 237 cm³/mol. The number of piperidine rings is 1. The van der Waals surface area contributed by atoms with E-state index in [9.17, 15) is 24.0 Å². The highest BCUT2D eigenvalue weighted by atomic mass is 35.5. The molecule has 336 valence electrons. The zero-order valence-electron chi connectivity index (χ0n) is 36.1. The summed E-state index contributed by atoms with van der Waals surface area (Å²) in [5.41, 5.74) is 8.15. The van der Waals surface area contributed by atoms with Gasteiger partial charge >= 0.3 is 0 Å². The third kappa shape index (κ3) is 8.52. The number of ether oxygens (including phenoxy) is 2. The Morgan fingerprint density at radius 2 is 1.70 bits per heavy atom. The number of amides is 4. The Labute approximate surface area is 376 Å². The summed E-state index contributed by atoms with van der Waals surface area (Å²) < 4.78 is 43.9. The molecule has 2 fully saturated rings. The smallest absolute Gasteiger partial charge is 0.255 e. The molecule has 3 atom stereocenters. The molecule has 0 radical (unpaired) electrons. The molecule has 3 heterocycles. The highest BCUT2D eigenvalue weighted by molar-refractivity contribution is 6.34. The summed E-state index contributed by atoms with van der Waals surface area (Å²) in [6.07, 6.45) is 8.59. The van der Waals surface area contributed by atoms with Crippen molar-refractivity contribution in [3.63, 3.8) is 0 Å². The molecule has 4 aliphatic rings. The van der Waals surface area contributed by atoms with Crippen molar-refractivity contribution in [3.8, 4) is 22.6 Å². The molecule has 0 bridgehead atoms. The number of nitrogens with one attached hydrogen (secondary N) is 2. The van der Waals surface area contributed by atoms with E-state index in [1.165, 1.54) is 25.3 Å². The molecule has 4 aromatic carbocycles. The Morgan fingerprint density at radius 1 is 0.953 bits per heavy atom. The number of fused-ring (bicyclic) bond motifs is 2. The third-order valence-corrected chi connectivity index (χ3v) is 14.3. The lowest BCUT2D eigenvalue weighted by molar-refractivity contribution is -0.137. The topological polar surface area (TPSA) is 157 Å². The average molecular weight is 895 g/mol. The van der Waals surface area contributed by atoms with E-state index in [0.29, 0.717) is 42.8 Å². The SMILES string of the molecule is COc1ccc(C(N)=O)c(-c2c(Cl)c(F)cc3c2[C@H](C)[C@@](CNC2CCC(C(=O)CCCCCCc4cccc5c4CN(C4CCC(=O)NC4=O)C5=O)CC2)(c2ccccc2)O3)c1F. The van der Waals surface area contributed by atoms with Crippen LogP contribution in [0.4, 0.5) is 8.78 Å². The molecule has 3 aliphatic heterocycles. The number of primary amides is 1. The van der Waals surface area contributed by atoms with Gasteiger partial charge in [-0.25, -0.2) is 8.78 Å². The number of rotatable bonds is 16. The van der Waals surface area contributed by atoms with Crippen LogP contribution in [0.1, 0.15) is 126 Å². The van der Waals surface area contributed by atoms with Crippen molar-refractivity contribution < 1.29 is 42.2 Å². The van der Waals surface area contributed by atoms with Crippen LogP contribution in [0.15, 0.2) is 66.7 Å². The maximum Gasteiger partial charge on any atom is 0.255 e. The second-order valence-electron chi connectivity index (χ2n) is 17.6. The zero-order valence-corrected chi connectivity index (χ0v) is 36.8. The molecule has 0 spiro atoms. The Bertz CT molecular complexity index is 2490. The summed E-state index contributed by atoms with van der Waals surface area (Å²) in [6.45, 7) is 2.60. The summed E-state index contributed by atoms with van der Waals surface area (Å²) in [7, 11) is 1.29. The Morgan fingerprint density at radius 3 is 2.42 bits per heavy atom. The lowest BCUT2D eigenvalue weighted by Crippen LogP contribution is -2.52. The van der Waals surface area contributed by atoms with Gasteiger partial charge < -0.3 is 25.4 Å². The summed E-state index contributed by atoms with van der Waals surface area (Å²) >= 11 is 6.67. The van der Waals surface area contributed by atoms with Crippen LogP contribution in [0.5, 0.6) is 11.5 Å². The van der Waals surface area contributed by atoms with Gasteiger partial charge in [0.2, 0.25) is 17.7 Å². The molecule has 64 heavy (non-hydrogen) atoms. The predicted octanol–water partition coefficient (Wildman–Crippen LogP) is 8.46. The van der Waals surface area contributed by atoms with Crippen LogP contribution in [-0.2, 0) is 33.0 Å². The number of hydrogen-bond acceptors (Lipinski definition) is 8. The van der Waals surface area contributed by atoms with Crippen molar-refractivity contribution in [2.24, 2.45) is 11.7 Å². The number of ketones is 1. The van der Waals surface area contributed by atoms with Crippen molar-refractivity contribution >= 4 is 41.0 Å². The van der Waals surface area contributed by atoms with Gasteiger partial charge in [-0.2, -0.15) is 0 Å². The van der Waals surface area contributed by atoms with Crippen molar-refractivity contribution in [1.29, 1.82) is 0 Å². The van der Waals surface area contributed by atoms with Gasteiger partial charge in [0.15, 0.2) is 17.2 Å². The monoisotopic (exact) mass is 894 g/mol. The average Bonchev–Trinajstić information content (AvgIpc) is 3.77. The number of aryl methyl sites for hydroxylation is 1. The molecule has 8 rings (SSSR count). The van der Waals surface area contributed by atoms with E-state index in [2.05, 4.69) is 10.6 Å². The molecule has 1 unspecified atom stereocenters. The second-order valence-corrected chi connectivity index (χ2v) is 17.9. The van der Waals surface area contributed by atoms with Crippen LogP contribution in [0, 0.1) is 17.6 Å². The number of halogens is 3. The number of hydrogen-bond donors (Lipinski definition) is 3. The fourth-order valence-corrected chi connectivity index (χ4v) is 10.6. The largest absolute Gasteiger partial charge is 0.494 e. The molecule has 4 aromatic rings. The van der Waals surface area contributed by atoms with Crippen molar-refractivity contribution in [3.05, 3.63) is 117 Å². The fraction of sp³-hybridized carbons (Fsp3) is 0.420. The number of Topliss-reactive ketones (excluding diaryl/α,β-unsaturated/α-hetero) is 1. The summed E-state index contributed by atoms with van der Waals surface area (Å²) in [5.74, 6) is -3.73. The molecular formula is C50H53ClF2N4O7. The van der Waals surface area contributed by atoms with Crippen molar-refractivity contribution in [2.75, 3.05) is 13.7 Å². The number of nitrogens with zero attached hydrogens (tertiary/aromatic N) is 1.